The Morgan fingerprint density at radius 1 is 1.04 bits per heavy atom. The summed E-state index contributed by atoms with van der Waals surface area (Å²) >= 11 is -0.617. The Labute approximate surface area is 155 Å². The maximum atomic E-state index is 13.3. The van der Waals surface area contributed by atoms with E-state index < -0.39 is 11.1 Å². The number of methoxy groups -OCH3 is 1. The van der Waals surface area contributed by atoms with Gasteiger partial charge >= 0.3 is 0 Å². The zero-order valence-electron chi connectivity index (χ0n) is 15.1. The van der Waals surface area contributed by atoms with Gasteiger partial charge in [0.25, 0.3) is 0 Å². The van der Waals surface area contributed by atoms with Gasteiger partial charge in [0.05, 0.1) is 23.7 Å². The standard InChI is InChI=1S/C20H19N3O2S/c1-12-11-13(25-4)9-10-14(12)17-19-18(21-26(22-19)23(2)3)15-7-5-6-8-16(15)20(17)24/h5-11H,1-4H3. The molecule has 0 spiro atoms. The SMILES string of the molecule is COc1ccc(C2=C3N=S(N(C)C)N=C3c3ccccc3C2=O)c(C)c1. The van der Waals surface area contributed by atoms with Crippen molar-refractivity contribution in [3.63, 3.8) is 0 Å². The van der Waals surface area contributed by atoms with Gasteiger partial charge in [0, 0.05) is 11.1 Å². The molecule has 0 N–H and O–H groups in total. The molecule has 1 heterocycles. The Balaban J connectivity index is 2.00. The van der Waals surface area contributed by atoms with Crippen LogP contribution in [0, 0.1) is 6.92 Å². The number of rotatable bonds is 3. The number of ketones is 1. The summed E-state index contributed by atoms with van der Waals surface area (Å²) in [6.45, 7) is 1.98. The molecule has 6 heteroatoms. The van der Waals surface area contributed by atoms with E-state index in [2.05, 4.69) is 0 Å². The maximum Gasteiger partial charge on any atom is 0.196 e. The number of Topliss-reactive ketones (excluding diaryl/α,β-unsaturated/α-hetero) is 1. The van der Waals surface area contributed by atoms with Gasteiger partial charge in [-0.2, -0.15) is 8.76 Å². The van der Waals surface area contributed by atoms with Crippen molar-refractivity contribution >= 4 is 28.1 Å². The summed E-state index contributed by atoms with van der Waals surface area (Å²) in [7, 11) is 5.53. The summed E-state index contributed by atoms with van der Waals surface area (Å²) < 4.78 is 16.8. The first-order chi connectivity index (χ1) is 12.5. The van der Waals surface area contributed by atoms with Gasteiger partial charge in [-0.1, -0.05) is 30.3 Å². The van der Waals surface area contributed by atoms with Crippen molar-refractivity contribution < 1.29 is 9.53 Å². The van der Waals surface area contributed by atoms with Crippen LogP contribution in [0.4, 0.5) is 0 Å². The lowest BCUT2D eigenvalue weighted by Crippen LogP contribution is -2.20. The highest BCUT2D eigenvalue weighted by atomic mass is 32.2. The monoisotopic (exact) mass is 365 g/mol. The third kappa shape index (κ3) is 2.53. The first kappa shape index (κ1) is 16.9. The van der Waals surface area contributed by atoms with Gasteiger partial charge in [0.2, 0.25) is 0 Å². The van der Waals surface area contributed by atoms with Crippen LogP contribution in [0.2, 0.25) is 0 Å². The molecular formula is C20H19N3O2S. The molecule has 0 saturated heterocycles. The molecule has 0 radical (unpaired) electrons. The molecule has 5 nitrogen and oxygen atoms in total. The van der Waals surface area contributed by atoms with E-state index in [4.69, 9.17) is 13.5 Å². The van der Waals surface area contributed by atoms with Gasteiger partial charge in [0.15, 0.2) is 5.78 Å². The van der Waals surface area contributed by atoms with Gasteiger partial charge in [0.1, 0.15) is 17.2 Å². The van der Waals surface area contributed by atoms with Crippen molar-refractivity contribution in [3.05, 3.63) is 70.4 Å². The molecule has 132 valence electrons. The predicted molar refractivity (Wildman–Crippen MR) is 105 cm³/mol. The summed E-state index contributed by atoms with van der Waals surface area (Å²) in [5.74, 6) is 0.765. The van der Waals surface area contributed by atoms with Crippen LogP contribution < -0.4 is 4.74 Å². The highest BCUT2D eigenvalue weighted by molar-refractivity contribution is 7.84. The van der Waals surface area contributed by atoms with E-state index in [0.717, 1.165) is 28.2 Å². The number of carbonyl (C=O) groups excluding carboxylic acids is 1. The quantitative estimate of drug-likeness (QED) is 0.835. The average Bonchev–Trinajstić information content (AvgIpc) is 3.08. The van der Waals surface area contributed by atoms with Gasteiger partial charge in [-0.3, -0.25) is 4.79 Å². The molecule has 2 aliphatic rings. The molecule has 0 saturated carbocycles. The number of benzene rings is 2. The molecule has 0 amide bonds. The van der Waals surface area contributed by atoms with Gasteiger partial charge in [-0.25, -0.2) is 4.31 Å². The van der Waals surface area contributed by atoms with Crippen molar-refractivity contribution in [2.75, 3.05) is 21.2 Å². The summed E-state index contributed by atoms with van der Waals surface area (Å²) in [5, 5.41) is 0. The second-order valence-electron chi connectivity index (χ2n) is 6.37. The number of nitrogens with zero attached hydrogens (tertiary/aromatic N) is 3. The molecule has 1 atom stereocenters. The normalized spacial score (nSPS) is 18.4. The molecule has 1 aliphatic heterocycles. The van der Waals surface area contributed by atoms with E-state index in [1.54, 1.807) is 7.11 Å². The average molecular weight is 365 g/mol. The Morgan fingerprint density at radius 3 is 2.42 bits per heavy atom. The van der Waals surface area contributed by atoms with E-state index in [1.807, 2.05) is 67.8 Å². The first-order valence-electron chi connectivity index (χ1n) is 8.27. The number of hydrogen-bond acceptors (Lipinski definition) is 5. The second-order valence-corrected chi connectivity index (χ2v) is 7.95. The number of aryl methyl sites for hydroxylation is 1. The van der Waals surface area contributed by atoms with Crippen LogP contribution in [0.5, 0.6) is 5.75 Å². The number of fused-ring (bicyclic) bond motifs is 3. The summed E-state index contributed by atoms with van der Waals surface area (Å²) in [6, 6.07) is 13.4. The molecule has 0 fully saturated rings. The zero-order chi connectivity index (χ0) is 18.4. The van der Waals surface area contributed by atoms with Crippen molar-refractivity contribution in [1.82, 2.24) is 4.31 Å². The van der Waals surface area contributed by atoms with Crippen LogP contribution in [0.25, 0.3) is 5.57 Å². The van der Waals surface area contributed by atoms with E-state index in [0.29, 0.717) is 16.8 Å². The van der Waals surface area contributed by atoms with Crippen LogP contribution in [-0.2, 0) is 11.1 Å². The third-order valence-electron chi connectivity index (χ3n) is 4.49. The lowest BCUT2D eigenvalue weighted by Gasteiger charge is -2.20. The van der Waals surface area contributed by atoms with Gasteiger partial charge in [-0.05, 0) is 44.3 Å². The van der Waals surface area contributed by atoms with E-state index in [9.17, 15) is 4.79 Å². The van der Waals surface area contributed by atoms with Crippen molar-refractivity contribution in [1.29, 1.82) is 0 Å². The Hall–Kier alpha value is -2.57. The summed E-state index contributed by atoms with van der Waals surface area (Å²) in [4.78, 5) is 13.3. The van der Waals surface area contributed by atoms with Crippen molar-refractivity contribution in [2.45, 2.75) is 6.92 Å². The molecule has 2 aromatic carbocycles. The zero-order valence-corrected chi connectivity index (χ0v) is 15.9. The largest absolute Gasteiger partial charge is 0.497 e. The van der Waals surface area contributed by atoms with Crippen LogP contribution in [0.3, 0.4) is 0 Å². The summed E-state index contributed by atoms with van der Waals surface area (Å²) in [6.07, 6.45) is 0. The molecule has 26 heavy (non-hydrogen) atoms. The highest BCUT2D eigenvalue weighted by Gasteiger charge is 2.35. The highest BCUT2D eigenvalue weighted by Crippen LogP contribution is 2.38. The minimum Gasteiger partial charge on any atom is -0.497 e. The number of hydrogen-bond donors (Lipinski definition) is 0. The molecule has 0 aromatic heterocycles. The van der Waals surface area contributed by atoms with Crippen LogP contribution >= 0.6 is 0 Å². The fourth-order valence-electron chi connectivity index (χ4n) is 3.20. The number of carbonyl (C=O) groups is 1. The molecule has 4 rings (SSSR count). The first-order valence-corrected chi connectivity index (χ1v) is 9.37. The van der Waals surface area contributed by atoms with Crippen molar-refractivity contribution in [2.24, 2.45) is 8.76 Å². The van der Waals surface area contributed by atoms with Gasteiger partial charge < -0.3 is 4.74 Å². The second kappa shape index (κ2) is 6.30. The smallest absolute Gasteiger partial charge is 0.196 e. The molecular weight excluding hydrogens is 346 g/mol. The third-order valence-corrected chi connectivity index (χ3v) is 5.84. The van der Waals surface area contributed by atoms with E-state index >= 15 is 0 Å². The maximum absolute atomic E-state index is 13.3. The van der Waals surface area contributed by atoms with E-state index in [-0.39, 0.29) is 5.78 Å². The minimum absolute atomic E-state index is 0.00391. The summed E-state index contributed by atoms with van der Waals surface area (Å²) in [5.41, 5.74) is 5.52. The Bertz CT molecular complexity index is 1040. The topological polar surface area (TPSA) is 54.3 Å². The lowest BCUT2D eigenvalue weighted by molar-refractivity contribution is 0.105. The Morgan fingerprint density at radius 2 is 1.77 bits per heavy atom. The molecule has 1 unspecified atom stereocenters. The number of ether oxygens (including phenoxy) is 1. The minimum atomic E-state index is -0.617. The number of allylic oxidation sites excluding steroid dienone is 2. The fraction of sp³-hybridized carbons (Fsp3) is 0.200. The molecule has 2 aromatic rings. The Kier molecular flexibility index (Phi) is 4.09. The molecule has 1 aliphatic carbocycles. The molecule has 0 bridgehead atoms. The van der Waals surface area contributed by atoms with Crippen LogP contribution in [-0.4, -0.2) is 37.0 Å². The lowest BCUT2D eigenvalue weighted by atomic mass is 9.82. The van der Waals surface area contributed by atoms with Crippen molar-refractivity contribution in [3.8, 4) is 5.75 Å². The predicted octanol–water partition coefficient (Wildman–Crippen LogP) is 3.61. The van der Waals surface area contributed by atoms with Crippen LogP contribution in [0.15, 0.2) is 56.9 Å². The fourth-order valence-corrected chi connectivity index (χ4v) is 4.25. The van der Waals surface area contributed by atoms with E-state index in [1.165, 1.54) is 0 Å². The van der Waals surface area contributed by atoms with Gasteiger partial charge in [-0.15, -0.1) is 0 Å². The van der Waals surface area contributed by atoms with Crippen LogP contribution in [0.1, 0.15) is 27.0 Å².